The van der Waals surface area contributed by atoms with Gasteiger partial charge in [-0.25, -0.2) is 4.98 Å². The van der Waals surface area contributed by atoms with E-state index in [4.69, 9.17) is 14.4 Å². The van der Waals surface area contributed by atoms with Crippen LogP contribution in [0, 0.1) is 11.3 Å². The maximum absolute atomic E-state index is 9.68. The lowest BCUT2D eigenvalue weighted by Gasteiger charge is -2.10. The first kappa shape index (κ1) is 25.6. The molecule has 0 saturated heterocycles. The van der Waals surface area contributed by atoms with Gasteiger partial charge < -0.3 is 8.98 Å². The number of para-hydroxylation sites is 4. The summed E-state index contributed by atoms with van der Waals surface area (Å²) < 4.78 is 10.5. The van der Waals surface area contributed by atoms with Crippen LogP contribution in [0.3, 0.4) is 0 Å². The van der Waals surface area contributed by atoms with Crippen molar-refractivity contribution in [3.05, 3.63) is 145 Å². The van der Waals surface area contributed by atoms with Crippen LogP contribution in [0.15, 0.2) is 144 Å². The molecule has 6 heteroatoms. The third-order valence-corrected chi connectivity index (χ3v) is 9.15. The zero-order valence-electron chi connectivity index (χ0n) is 24.9. The molecule has 0 spiro atoms. The fourth-order valence-electron chi connectivity index (χ4n) is 7.04. The minimum atomic E-state index is 0.552. The summed E-state index contributed by atoms with van der Waals surface area (Å²) in [7, 11) is 0. The third kappa shape index (κ3) is 3.71. The Balaban J connectivity index is 1.21. The number of imidazole rings is 1. The second-order valence-corrected chi connectivity index (χ2v) is 11.8. The fourth-order valence-corrected chi connectivity index (χ4v) is 7.04. The molecule has 0 saturated carbocycles. The predicted octanol–water partition coefficient (Wildman–Crippen LogP) is 10.1. The van der Waals surface area contributed by atoms with E-state index in [0.717, 1.165) is 82.9 Å². The average molecular weight is 602 g/mol. The Bertz CT molecular complexity index is 2920. The molecule has 0 unspecified atom stereocenters. The second kappa shape index (κ2) is 9.64. The Kier molecular flexibility index (Phi) is 5.25. The lowest BCUT2D eigenvalue weighted by molar-refractivity contribution is 0.643. The zero-order chi connectivity index (χ0) is 31.1. The highest BCUT2D eigenvalue weighted by atomic mass is 16.4. The highest BCUT2D eigenvalue weighted by Crippen LogP contribution is 2.39. The molecule has 0 atom stereocenters. The number of hydrogen-bond acceptors (Lipinski definition) is 4. The van der Waals surface area contributed by atoms with Gasteiger partial charge in [-0.05, 0) is 71.8 Å². The van der Waals surface area contributed by atoms with Crippen molar-refractivity contribution in [1.82, 2.24) is 18.9 Å². The molecule has 0 aliphatic heterocycles. The third-order valence-electron chi connectivity index (χ3n) is 9.15. The highest BCUT2D eigenvalue weighted by Gasteiger charge is 2.21. The number of nitrogens with zero attached hydrogens (tertiary/aromatic N) is 5. The molecule has 47 heavy (non-hydrogen) atoms. The van der Waals surface area contributed by atoms with Crippen LogP contribution in [0.25, 0.3) is 88.8 Å². The first-order valence-corrected chi connectivity index (χ1v) is 15.5. The van der Waals surface area contributed by atoms with Gasteiger partial charge in [-0.15, -0.1) is 0 Å². The molecule has 0 bridgehead atoms. The van der Waals surface area contributed by atoms with Crippen LogP contribution in [0.4, 0.5) is 0 Å². The van der Waals surface area contributed by atoms with Gasteiger partial charge in [-0.1, -0.05) is 78.9 Å². The van der Waals surface area contributed by atoms with Crippen LogP contribution in [0.1, 0.15) is 5.56 Å². The molecule has 0 N–H and O–H groups in total. The topological polar surface area (TPSA) is 72.1 Å². The van der Waals surface area contributed by atoms with Crippen LogP contribution in [0.2, 0.25) is 0 Å². The zero-order valence-corrected chi connectivity index (χ0v) is 24.9. The van der Waals surface area contributed by atoms with Gasteiger partial charge in [0.15, 0.2) is 5.58 Å². The fraction of sp³-hybridized carbons (Fsp3) is 0. The molecule has 0 amide bonds. The normalized spacial score (nSPS) is 11.8. The Morgan fingerprint density at radius 3 is 2.30 bits per heavy atom. The molecular formula is C41H23N5O. The molecule has 0 aliphatic rings. The molecule has 4 aromatic heterocycles. The molecule has 6 nitrogen and oxygen atoms in total. The summed E-state index contributed by atoms with van der Waals surface area (Å²) in [6.45, 7) is 0. The maximum atomic E-state index is 9.68. The SMILES string of the molecule is N#Cc1ccc2c3cc(-c4cccc(-c5nc6ccccc6c6nc7oc8ccccc8n7c56)c4)ccc3n(-c3ccccc3)c2c1. The summed E-state index contributed by atoms with van der Waals surface area (Å²) in [5.41, 5.74) is 12.3. The van der Waals surface area contributed by atoms with Crippen molar-refractivity contribution in [1.29, 1.82) is 5.26 Å². The van der Waals surface area contributed by atoms with Crippen molar-refractivity contribution in [2.24, 2.45) is 0 Å². The van der Waals surface area contributed by atoms with E-state index in [-0.39, 0.29) is 0 Å². The molecule has 6 aromatic carbocycles. The van der Waals surface area contributed by atoms with Gasteiger partial charge in [0.25, 0.3) is 0 Å². The molecular weight excluding hydrogens is 578 g/mol. The molecule has 218 valence electrons. The minimum absolute atomic E-state index is 0.552. The van der Waals surface area contributed by atoms with Crippen LogP contribution in [-0.4, -0.2) is 18.9 Å². The number of rotatable bonds is 3. The van der Waals surface area contributed by atoms with Gasteiger partial charge in [-0.2, -0.15) is 10.2 Å². The summed E-state index contributed by atoms with van der Waals surface area (Å²) in [6, 6.07) is 49.9. The van der Waals surface area contributed by atoms with E-state index in [1.807, 2.05) is 66.7 Å². The first-order valence-electron chi connectivity index (χ1n) is 15.5. The summed E-state index contributed by atoms with van der Waals surface area (Å²) in [5.74, 6) is 0.552. The number of nitriles is 1. The summed E-state index contributed by atoms with van der Waals surface area (Å²) >= 11 is 0. The Hall–Kier alpha value is -6.71. The van der Waals surface area contributed by atoms with Gasteiger partial charge in [0, 0.05) is 27.4 Å². The lowest BCUT2D eigenvalue weighted by atomic mass is 9.98. The van der Waals surface area contributed by atoms with Crippen molar-refractivity contribution in [3.8, 4) is 34.1 Å². The van der Waals surface area contributed by atoms with E-state index in [0.29, 0.717) is 11.4 Å². The van der Waals surface area contributed by atoms with Crippen LogP contribution < -0.4 is 0 Å². The molecule has 10 aromatic rings. The van der Waals surface area contributed by atoms with Crippen molar-refractivity contribution in [2.45, 2.75) is 0 Å². The monoisotopic (exact) mass is 601 g/mol. The van der Waals surface area contributed by atoms with Crippen molar-refractivity contribution in [2.75, 3.05) is 0 Å². The smallest absolute Gasteiger partial charge is 0.307 e. The predicted molar refractivity (Wildman–Crippen MR) is 188 cm³/mol. The maximum Gasteiger partial charge on any atom is 0.307 e. The highest BCUT2D eigenvalue weighted by molar-refractivity contribution is 6.12. The number of aromatic nitrogens is 4. The Morgan fingerprint density at radius 1 is 0.574 bits per heavy atom. The number of hydrogen-bond donors (Lipinski definition) is 0. The van der Waals surface area contributed by atoms with Crippen LogP contribution in [0.5, 0.6) is 0 Å². The van der Waals surface area contributed by atoms with E-state index in [9.17, 15) is 5.26 Å². The Morgan fingerprint density at radius 2 is 1.38 bits per heavy atom. The number of pyridine rings is 1. The van der Waals surface area contributed by atoms with E-state index in [2.05, 4.69) is 87.8 Å². The summed E-state index contributed by atoms with van der Waals surface area (Å²) in [5, 5.41) is 12.9. The average Bonchev–Trinajstić information content (AvgIpc) is 3.79. The summed E-state index contributed by atoms with van der Waals surface area (Å²) in [4.78, 5) is 10.2. The van der Waals surface area contributed by atoms with E-state index < -0.39 is 0 Å². The lowest BCUT2D eigenvalue weighted by Crippen LogP contribution is -1.93. The summed E-state index contributed by atoms with van der Waals surface area (Å²) in [6.07, 6.45) is 0. The van der Waals surface area contributed by atoms with E-state index in [1.54, 1.807) is 0 Å². The van der Waals surface area contributed by atoms with Crippen molar-refractivity contribution < 1.29 is 4.42 Å². The first-order chi connectivity index (χ1) is 23.2. The van der Waals surface area contributed by atoms with Crippen LogP contribution >= 0.6 is 0 Å². The van der Waals surface area contributed by atoms with E-state index >= 15 is 0 Å². The number of benzene rings is 6. The standard InChI is InChI=1S/C41H23N5O/c42-24-25-17-19-30-32-23-27(18-20-34(32)45(36(30)21-25)29-11-2-1-3-12-29)26-9-8-10-28(22-26)38-40-39(31-13-4-5-14-33(31)43-38)44-41-46(40)35-15-6-7-16-37(35)47-41/h1-23H. The molecule has 10 rings (SSSR count). The Labute approximate surface area is 268 Å². The van der Waals surface area contributed by atoms with Crippen molar-refractivity contribution in [3.63, 3.8) is 0 Å². The molecule has 0 fully saturated rings. The number of fused-ring (bicyclic) bond motifs is 10. The quantitative estimate of drug-likeness (QED) is 0.202. The largest absolute Gasteiger partial charge is 0.423 e. The van der Waals surface area contributed by atoms with Gasteiger partial charge >= 0.3 is 5.84 Å². The van der Waals surface area contributed by atoms with Gasteiger partial charge in [0.1, 0.15) is 11.0 Å². The minimum Gasteiger partial charge on any atom is -0.423 e. The van der Waals surface area contributed by atoms with Crippen LogP contribution in [-0.2, 0) is 0 Å². The second-order valence-electron chi connectivity index (χ2n) is 11.8. The molecule has 0 radical (unpaired) electrons. The van der Waals surface area contributed by atoms with Gasteiger partial charge in [-0.3, -0.25) is 4.40 Å². The number of oxazole rings is 1. The van der Waals surface area contributed by atoms with Gasteiger partial charge in [0.05, 0.1) is 39.4 Å². The van der Waals surface area contributed by atoms with Gasteiger partial charge in [0.2, 0.25) is 0 Å². The van der Waals surface area contributed by atoms with E-state index in [1.165, 1.54) is 0 Å². The molecule has 0 aliphatic carbocycles. The molecule has 4 heterocycles. The van der Waals surface area contributed by atoms with Crippen molar-refractivity contribution >= 4 is 60.7 Å².